The second kappa shape index (κ2) is 7.55. The van der Waals surface area contributed by atoms with E-state index in [0.717, 1.165) is 12.5 Å². The molecule has 0 saturated carbocycles. The fraction of sp³-hybridized carbons (Fsp3) is 0.500. The summed E-state index contributed by atoms with van der Waals surface area (Å²) in [5, 5.41) is 10.3. The molecule has 124 valence electrons. The molecule has 4 N–H and O–H groups in total. The Kier molecular flexibility index (Phi) is 6.31. The third kappa shape index (κ3) is 5.98. The van der Waals surface area contributed by atoms with E-state index in [9.17, 15) is 17.6 Å². The number of carbonyl (C=O) groups is 1. The third-order valence-electron chi connectivity index (χ3n) is 2.94. The molecular formula is C14H22FN3O3S. The molecule has 1 aromatic rings. The molecule has 8 heteroatoms. The molecule has 0 heterocycles. The van der Waals surface area contributed by atoms with Gasteiger partial charge in [-0.1, -0.05) is 13.8 Å². The number of carbonyl (C=O) groups excluding carboxylic acids is 1. The van der Waals surface area contributed by atoms with E-state index in [4.69, 9.17) is 5.14 Å². The predicted molar refractivity (Wildman–Crippen MR) is 83.3 cm³/mol. The second-order valence-corrected chi connectivity index (χ2v) is 7.20. The highest BCUT2D eigenvalue weighted by Gasteiger charge is 2.13. The Bertz CT molecular complexity index is 632. The number of sulfonamides is 1. The van der Waals surface area contributed by atoms with E-state index in [1.807, 2.05) is 6.92 Å². The first kappa shape index (κ1) is 18.4. The van der Waals surface area contributed by atoms with Gasteiger partial charge in [-0.15, -0.1) is 0 Å². The lowest BCUT2D eigenvalue weighted by Crippen LogP contribution is -2.37. The molecule has 0 radical (unpaired) electrons. The van der Waals surface area contributed by atoms with Gasteiger partial charge in [0, 0.05) is 6.04 Å². The highest BCUT2D eigenvalue weighted by Crippen LogP contribution is 2.17. The summed E-state index contributed by atoms with van der Waals surface area (Å²) in [6.07, 6.45) is 0.850. The van der Waals surface area contributed by atoms with Crippen LogP contribution in [0.25, 0.3) is 0 Å². The van der Waals surface area contributed by atoms with Crippen LogP contribution in [-0.2, 0) is 14.8 Å². The van der Waals surface area contributed by atoms with Crippen LogP contribution in [-0.4, -0.2) is 26.9 Å². The van der Waals surface area contributed by atoms with Crippen molar-refractivity contribution in [2.75, 3.05) is 11.9 Å². The minimum Gasteiger partial charge on any atom is -0.374 e. The molecule has 0 bridgehead atoms. The van der Waals surface area contributed by atoms with Gasteiger partial charge in [0.2, 0.25) is 15.9 Å². The molecule has 0 aromatic heterocycles. The number of nitrogens with two attached hydrogens (primary N) is 1. The van der Waals surface area contributed by atoms with E-state index < -0.39 is 15.8 Å². The average molecular weight is 331 g/mol. The number of nitrogens with one attached hydrogen (secondary N) is 2. The summed E-state index contributed by atoms with van der Waals surface area (Å²) in [4.78, 5) is 11.4. The van der Waals surface area contributed by atoms with Crippen molar-refractivity contribution in [2.24, 2.45) is 11.1 Å². The molecule has 1 unspecified atom stereocenters. The van der Waals surface area contributed by atoms with Crippen molar-refractivity contribution in [2.45, 2.75) is 38.1 Å². The maximum absolute atomic E-state index is 13.8. The first-order chi connectivity index (χ1) is 10.1. The molecule has 1 atom stereocenters. The number of hydrogen-bond acceptors (Lipinski definition) is 4. The zero-order chi connectivity index (χ0) is 16.9. The monoisotopic (exact) mass is 331 g/mol. The summed E-state index contributed by atoms with van der Waals surface area (Å²) in [6.45, 7) is 5.92. The van der Waals surface area contributed by atoms with Gasteiger partial charge in [0.1, 0.15) is 5.82 Å². The first-order valence-corrected chi connectivity index (χ1v) is 8.49. The normalized spacial score (nSPS) is 13.0. The first-order valence-electron chi connectivity index (χ1n) is 6.95. The van der Waals surface area contributed by atoms with Gasteiger partial charge in [-0.05, 0) is 37.5 Å². The Morgan fingerprint density at radius 2 is 1.95 bits per heavy atom. The Hall–Kier alpha value is -1.67. The predicted octanol–water partition coefficient (Wildman–Crippen LogP) is 1.44. The zero-order valence-electron chi connectivity index (χ0n) is 12.9. The largest absolute Gasteiger partial charge is 0.374 e. The summed E-state index contributed by atoms with van der Waals surface area (Å²) in [6, 6.07) is 3.26. The van der Waals surface area contributed by atoms with Gasteiger partial charge in [0.15, 0.2) is 0 Å². The van der Waals surface area contributed by atoms with E-state index in [0.29, 0.717) is 5.92 Å². The molecule has 0 aliphatic carbocycles. The number of benzene rings is 1. The second-order valence-electron chi connectivity index (χ2n) is 5.64. The van der Waals surface area contributed by atoms with Crippen LogP contribution in [0, 0.1) is 11.7 Å². The molecular weight excluding hydrogens is 309 g/mol. The number of rotatable bonds is 7. The van der Waals surface area contributed by atoms with E-state index in [1.165, 1.54) is 12.1 Å². The van der Waals surface area contributed by atoms with Crippen LogP contribution >= 0.6 is 0 Å². The fourth-order valence-electron chi connectivity index (χ4n) is 2.08. The third-order valence-corrected chi connectivity index (χ3v) is 3.85. The van der Waals surface area contributed by atoms with Crippen molar-refractivity contribution in [1.82, 2.24) is 5.32 Å². The summed E-state index contributed by atoms with van der Waals surface area (Å²) in [7, 11) is -3.95. The van der Waals surface area contributed by atoms with Crippen molar-refractivity contribution in [3.05, 3.63) is 24.0 Å². The topological polar surface area (TPSA) is 101 Å². The van der Waals surface area contributed by atoms with E-state index >= 15 is 0 Å². The van der Waals surface area contributed by atoms with Crippen LogP contribution in [0.3, 0.4) is 0 Å². The lowest BCUT2D eigenvalue weighted by Gasteiger charge is -2.16. The van der Waals surface area contributed by atoms with Gasteiger partial charge in [-0.25, -0.2) is 17.9 Å². The maximum Gasteiger partial charge on any atom is 0.239 e. The van der Waals surface area contributed by atoms with E-state index in [2.05, 4.69) is 24.5 Å². The zero-order valence-corrected chi connectivity index (χ0v) is 13.7. The Morgan fingerprint density at radius 3 is 2.45 bits per heavy atom. The molecule has 0 spiro atoms. The molecule has 0 saturated heterocycles. The maximum atomic E-state index is 13.8. The van der Waals surface area contributed by atoms with Gasteiger partial charge in [-0.2, -0.15) is 0 Å². The van der Waals surface area contributed by atoms with Crippen molar-refractivity contribution in [1.29, 1.82) is 0 Å². The summed E-state index contributed by atoms with van der Waals surface area (Å²) >= 11 is 0. The highest BCUT2D eigenvalue weighted by molar-refractivity contribution is 7.89. The number of hydrogen-bond donors (Lipinski definition) is 3. The van der Waals surface area contributed by atoms with Crippen LogP contribution in [0.4, 0.5) is 10.1 Å². The van der Waals surface area contributed by atoms with E-state index in [-0.39, 0.29) is 29.1 Å². The quantitative estimate of drug-likeness (QED) is 0.703. The minimum atomic E-state index is -3.95. The standard InChI is InChI=1S/C14H22FN3O3S/c1-9(2)6-10(3)18-14(19)8-17-13-5-4-11(7-12(13)15)22(16,20)21/h4-5,7,9-10,17H,6,8H2,1-3H3,(H,18,19)(H2,16,20,21). The van der Waals surface area contributed by atoms with Crippen molar-refractivity contribution in [3.63, 3.8) is 0 Å². The van der Waals surface area contributed by atoms with Gasteiger partial charge >= 0.3 is 0 Å². The van der Waals surface area contributed by atoms with Gasteiger partial charge in [0.05, 0.1) is 17.1 Å². The Morgan fingerprint density at radius 1 is 1.32 bits per heavy atom. The Balaban J connectivity index is 2.60. The Labute approximate surface area is 130 Å². The van der Waals surface area contributed by atoms with Crippen LogP contribution in [0.1, 0.15) is 27.2 Å². The molecule has 1 rings (SSSR count). The van der Waals surface area contributed by atoms with Crippen LogP contribution < -0.4 is 15.8 Å². The summed E-state index contributed by atoms with van der Waals surface area (Å²) in [5.41, 5.74) is 0.0408. The number of primary sulfonamides is 1. The van der Waals surface area contributed by atoms with Crippen molar-refractivity contribution < 1.29 is 17.6 Å². The average Bonchev–Trinajstić information content (AvgIpc) is 2.34. The lowest BCUT2D eigenvalue weighted by atomic mass is 10.1. The van der Waals surface area contributed by atoms with Crippen LogP contribution in [0.2, 0.25) is 0 Å². The molecule has 22 heavy (non-hydrogen) atoms. The highest BCUT2D eigenvalue weighted by atomic mass is 32.2. The van der Waals surface area contributed by atoms with Crippen molar-refractivity contribution in [3.8, 4) is 0 Å². The van der Waals surface area contributed by atoms with Gasteiger partial charge < -0.3 is 10.6 Å². The summed E-state index contributed by atoms with van der Waals surface area (Å²) < 4.78 is 35.9. The number of halogens is 1. The van der Waals surface area contributed by atoms with Crippen molar-refractivity contribution >= 4 is 21.6 Å². The number of anilines is 1. The molecule has 0 fully saturated rings. The smallest absolute Gasteiger partial charge is 0.239 e. The minimum absolute atomic E-state index is 0.0314. The van der Waals surface area contributed by atoms with E-state index in [1.54, 1.807) is 0 Å². The molecule has 6 nitrogen and oxygen atoms in total. The molecule has 1 aromatic carbocycles. The molecule has 1 amide bonds. The van der Waals surface area contributed by atoms with Gasteiger partial charge in [0.25, 0.3) is 0 Å². The SMILES string of the molecule is CC(C)CC(C)NC(=O)CNc1ccc(S(N)(=O)=O)cc1F. The van der Waals surface area contributed by atoms with Gasteiger partial charge in [-0.3, -0.25) is 4.79 Å². The number of amides is 1. The fourth-order valence-corrected chi connectivity index (χ4v) is 2.61. The molecule has 0 aliphatic heterocycles. The molecule has 0 aliphatic rings. The van der Waals surface area contributed by atoms with Crippen LogP contribution in [0.15, 0.2) is 23.1 Å². The summed E-state index contributed by atoms with van der Waals surface area (Å²) in [5.74, 6) is -0.580. The van der Waals surface area contributed by atoms with Crippen LogP contribution in [0.5, 0.6) is 0 Å². The lowest BCUT2D eigenvalue weighted by molar-refractivity contribution is -0.120.